The topological polar surface area (TPSA) is 81.4 Å². The summed E-state index contributed by atoms with van der Waals surface area (Å²) in [7, 11) is 1.32. The van der Waals surface area contributed by atoms with Crippen LogP contribution >= 0.6 is 0 Å². The lowest BCUT2D eigenvalue weighted by Crippen LogP contribution is -2.14. The van der Waals surface area contributed by atoms with Crippen molar-refractivity contribution in [2.24, 2.45) is 0 Å². The van der Waals surface area contributed by atoms with Gasteiger partial charge in [-0.2, -0.15) is 0 Å². The van der Waals surface area contributed by atoms with Gasteiger partial charge in [-0.15, -0.1) is 0 Å². The molecule has 2 rings (SSSR count). The number of nitrogen functional groups attached to an aromatic ring is 1. The molecule has 0 fully saturated rings. The average Bonchev–Trinajstić information content (AvgIpc) is 2.49. The lowest BCUT2D eigenvalue weighted by Gasteiger charge is -2.06. The van der Waals surface area contributed by atoms with Crippen LogP contribution in [0, 0.1) is 0 Å². The van der Waals surface area contributed by atoms with Crippen LogP contribution in [0.2, 0.25) is 0 Å². The summed E-state index contributed by atoms with van der Waals surface area (Å²) in [6, 6.07) is 13.7. The number of carbonyl (C=O) groups excluding carboxylic acids is 2. The quantitative estimate of drug-likeness (QED) is 0.666. The van der Waals surface area contributed by atoms with Crippen LogP contribution in [0.5, 0.6) is 0 Å². The number of nitrogens with two attached hydrogens (primary N) is 1. The molecule has 0 radical (unpaired) electrons. The Balaban J connectivity index is 1.96. The number of benzene rings is 2. The number of carbonyl (C=O) groups is 2. The smallest absolute Gasteiger partial charge is 0.337 e. The van der Waals surface area contributed by atoms with Gasteiger partial charge in [0.05, 0.1) is 19.1 Å². The van der Waals surface area contributed by atoms with E-state index in [-0.39, 0.29) is 12.3 Å². The third-order valence-electron chi connectivity index (χ3n) is 2.93. The lowest BCUT2D eigenvalue weighted by molar-refractivity contribution is -0.115. The van der Waals surface area contributed by atoms with E-state index in [0.29, 0.717) is 16.9 Å². The first-order valence-electron chi connectivity index (χ1n) is 6.41. The third-order valence-corrected chi connectivity index (χ3v) is 2.93. The summed E-state index contributed by atoms with van der Waals surface area (Å²) in [5.74, 6) is -0.541. The molecule has 0 bridgehead atoms. The molecule has 0 unspecified atom stereocenters. The van der Waals surface area contributed by atoms with E-state index < -0.39 is 5.97 Å². The highest BCUT2D eigenvalue weighted by atomic mass is 16.5. The van der Waals surface area contributed by atoms with Gasteiger partial charge < -0.3 is 15.8 Å². The molecule has 1 amide bonds. The number of amides is 1. The maximum Gasteiger partial charge on any atom is 0.337 e. The van der Waals surface area contributed by atoms with Crippen molar-refractivity contribution >= 4 is 23.3 Å². The number of nitrogens with one attached hydrogen (secondary N) is 1. The summed E-state index contributed by atoms with van der Waals surface area (Å²) in [4.78, 5) is 23.2. The molecule has 108 valence electrons. The Hall–Kier alpha value is -2.82. The van der Waals surface area contributed by atoms with Crippen LogP contribution in [-0.4, -0.2) is 19.0 Å². The molecule has 0 atom stereocenters. The molecular formula is C16H16N2O3. The molecule has 5 nitrogen and oxygen atoms in total. The molecule has 5 heteroatoms. The lowest BCUT2D eigenvalue weighted by atomic mass is 10.1. The second-order valence-electron chi connectivity index (χ2n) is 4.54. The van der Waals surface area contributed by atoms with Crippen molar-refractivity contribution in [3.8, 4) is 0 Å². The van der Waals surface area contributed by atoms with Crippen molar-refractivity contribution in [1.82, 2.24) is 0 Å². The van der Waals surface area contributed by atoms with Crippen LogP contribution < -0.4 is 11.1 Å². The summed E-state index contributed by atoms with van der Waals surface area (Å²) in [6.45, 7) is 0. The van der Waals surface area contributed by atoms with Crippen LogP contribution in [0.3, 0.4) is 0 Å². The van der Waals surface area contributed by atoms with Crippen molar-refractivity contribution in [3.63, 3.8) is 0 Å². The molecule has 0 aromatic heterocycles. The minimum atomic E-state index is -0.408. The van der Waals surface area contributed by atoms with E-state index in [1.165, 1.54) is 7.11 Å². The van der Waals surface area contributed by atoms with Crippen LogP contribution in [0.25, 0.3) is 0 Å². The second-order valence-corrected chi connectivity index (χ2v) is 4.54. The van der Waals surface area contributed by atoms with E-state index in [9.17, 15) is 9.59 Å². The molecule has 0 heterocycles. The minimum absolute atomic E-state index is 0.134. The third kappa shape index (κ3) is 4.07. The fraction of sp³-hybridized carbons (Fsp3) is 0.125. The summed E-state index contributed by atoms with van der Waals surface area (Å²) in [5, 5.41) is 2.77. The molecule has 21 heavy (non-hydrogen) atoms. The van der Waals surface area contributed by atoms with E-state index in [2.05, 4.69) is 10.1 Å². The fourth-order valence-corrected chi connectivity index (χ4v) is 1.83. The molecule has 0 spiro atoms. The van der Waals surface area contributed by atoms with E-state index in [4.69, 9.17) is 5.73 Å². The van der Waals surface area contributed by atoms with Crippen LogP contribution in [0.4, 0.5) is 11.4 Å². The molecular weight excluding hydrogens is 268 g/mol. The first-order valence-corrected chi connectivity index (χ1v) is 6.41. The fourth-order valence-electron chi connectivity index (χ4n) is 1.83. The first-order chi connectivity index (χ1) is 10.1. The first kappa shape index (κ1) is 14.6. The van der Waals surface area contributed by atoms with Crippen molar-refractivity contribution in [2.75, 3.05) is 18.2 Å². The van der Waals surface area contributed by atoms with Gasteiger partial charge in [0.2, 0.25) is 5.91 Å². The van der Waals surface area contributed by atoms with Crippen LogP contribution in [-0.2, 0) is 16.0 Å². The zero-order chi connectivity index (χ0) is 15.2. The number of hydrogen-bond donors (Lipinski definition) is 2. The van der Waals surface area contributed by atoms with Crippen LogP contribution in [0.15, 0.2) is 48.5 Å². The van der Waals surface area contributed by atoms with Crippen molar-refractivity contribution < 1.29 is 14.3 Å². The van der Waals surface area contributed by atoms with Gasteiger partial charge in [-0.3, -0.25) is 4.79 Å². The highest BCUT2D eigenvalue weighted by molar-refractivity contribution is 5.94. The van der Waals surface area contributed by atoms with Gasteiger partial charge in [0, 0.05) is 11.4 Å². The number of hydrogen-bond acceptors (Lipinski definition) is 4. The Kier molecular flexibility index (Phi) is 4.56. The Bertz CT molecular complexity index is 634. The molecule has 0 aliphatic heterocycles. The van der Waals surface area contributed by atoms with Crippen molar-refractivity contribution in [1.29, 1.82) is 0 Å². The number of methoxy groups -OCH3 is 1. The zero-order valence-corrected chi connectivity index (χ0v) is 11.6. The normalized spacial score (nSPS) is 9.95. The van der Waals surface area contributed by atoms with Gasteiger partial charge >= 0.3 is 5.97 Å². The van der Waals surface area contributed by atoms with Crippen molar-refractivity contribution in [3.05, 3.63) is 59.7 Å². The largest absolute Gasteiger partial charge is 0.465 e. The molecule has 0 aliphatic rings. The summed E-state index contributed by atoms with van der Waals surface area (Å²) >= 11 is 0. The Morgan fingerprint density at radius 1 is 1.05 bits per heavy atom. The van der Waals surface area contributed by atoms with Gasteiger partial charge in [0.15, 0.2) is 0 Å². The van der Waals surface area contributed by atoms with Crippen molar-refractivity contribution in [2.45, 2.75) is 6.42 Å². The zero-order valence-electron chi connectivity index (χ0n) is 11.6. The molecule has 0 saturated heterocycles. The maximum atomic E-state index is 11.9. The van der Waals surface area contributed by atoms with Gasteiger partial charge in [0.1, 0.15) is 0 Å². The Morgan fingerprint density at radius 3 is 2.24 bits per heavy atom. The number of esters is 1. The predicted molar refractivity (Wildman–Crippen MR) is 81.0 cm³/mol. The predicted octanol–water partition coefficient (Wildman–Crippen LogP) is 2.24. The minimum Gasteiger partial charge on any atom is -0.465 e. The van der Waals surface area contributed by atoms with E-state index in [1.807, 2.05) is 12.1 Å². The Morgan fingerprint density at radius 2 is 1.67 bits per heavy atom. The highest BCUT2D eigenvalue weighted by Gasteiger charge is 2.07. The van der Waals surface area contributed by atoms with Gasteiger partial charge in [-0.1, -0.05) is 12.1 Å². The van der Waals surface area contributed by atoms with E-state index >= 15 is 0 Å². The van der Waals surface area contributed by atoms with Gasteiger partial charge in [-0.05, 0) is 42.0 Å². The summed E-state index contributed by atoms with van der Waals surface area (Å²) < 4.78 is 4.61. The summed E-state index contributed by atoms with van der Waals surface area (Å²) in [6.07, 6.45) is 0.263. The summed E-state index contributed by atoms with van der Waals surface area (Å²) in [5.41, 5.74) is 8.21. The van der Waals surface area contributed by atoms with Gasteiger partial charge in [-0.25, -0.2) is 4.79 Å². The maximum absolute atomic E-state index is 11.9. The van der Waals surface area contributed by atoms with E-state index in [1.54, 1.807) is 36.4 Å². The highest BCUT2D eigenvalue weighted by Crippen LogP contribution is 2.12. The average molecular weight is 284 g/mol. The number of ether oxygens (including phenoxy) is 1. The number of rotatable bonds is 4. The van der Waals surface area contributed by atoms with Crippen LogP contribution in [0.1, 0.15) is 15.9 Å². The molecule has 2 aromatic rings. The molecule has 3 N–H and O–H groups in total. The molecule has 0 saturated carbocycles. The van der Waals surface area contributed by atoms with Gasteiger partial charge in [0.25, 0.3) is 0 Å². The Labute approximate surface area is 122 Å². The van der Waals surface area contributed by atoms with E-state index in [0.717, 1.165) is 5.56 Å². The number of anilines is 2. The molecule has 2 aromatic carbocycles. The SMILES string of the molecule is COC(=O)c1ccc(NC(=O)Cc2ccc(N)cc2)cc1. The standard InChI is InChI=1S/C16H16N2O3/c1-21-16(20)12-4-8-14(9-5-12)18-15(19)10-11-2-6-13(17)7-3-11/h2-9H,10,17H2,1H3,(H,18,19). The monoisotopic (exact) mass is 284 g/mol. The second kappa shape index (κ2) is 6.56. The molecule has 0 aliphatic carbocycles.